The average Bonchev–Trinajstić information content (AvgIpc) is 2.38. The number of nitrogens with two attached hydrogens (primary N) is 1. The molecule has 0 aliphatic carbocycles. The van der Waals surface area contributed by atoms with E-state index < -0.39 is 10.0 Å². The van der Waals surface area contributed by atoms with Gasteiger partial charge in [-0.25, -0.2) is 13.1 Å². The molecule has 0 fully saturated rings. The molecule has 1 rings (SSSR count). The summed E-state index contributed by atoms with van der Waals surface area (Å²) in [6, 6.07) is 5.25. The average molecular weight is 299 g/mol. The highest BCUT2D eigenvalue weighted by molar-refractivity contribution is 7.89. The molecule has 0 aliphatic rings. The van der Waals surface area contributed by atoms with E-state index in [0.29, 0.717) is 12.0 Å². The molecular formula is C14H25N3O2S. The molecular weight excluding hydrogens is 274 g/mol. The summed E-state index contributed by atoms with van der Waals surface area (Å²) < 4.78 is 25.7. The van der Waals surface area contributed by atoms with Gasteiger partial charge in [0.05, 0.1) is 5.69 Å². The Morgan fingerprint density at radius 3 is 2.45 bits per heavy atom. The Morgan fingerprint density at radius 2 is 1.95 bits per heavy atom. The number of sulfonamides is 1. The topological polar surface area (TPSA) is 84.2 Å². The molecule has 2 atom stereocenters. The summed E-state index contributed by atoms with van der Waals surface area (Å²) in [5.74, 6) is 0.652. The van der Waals surface area contributed by atoms with Crippen LogP contribution in [0.15, 0.2) is 23.1 Å². The smallest absolute Gasteiger partial charge is 0.242 e. The lowest BCUT2D eigenvalue weighted by atomic mass is 10.0. The van der Waals surface area contributed by atoms with Gasteiger partial charge in [-0.1, -0.05) is 20.3 Å². The van der Waals surface area contributed by atoms with Gasteiger partial charge in [-0.2, -0.15) is 0 Å². The summed E-state index contributed by atoms with van der Waals surface area (Å²) in [6.45, 7) is 6.50. The van der Waals surface area contributed by atoms with Crippen LogP contribution in [0.4, 0.5) is 11.4 Å². The maximum absolute atomic E-state index is 11.7. The molecule has 0 saturated carbocycles. The highest BCUT2D eigenvalue weighted by Gasteiger charge is 2.15. The van der Waals surface area contributed by atoms with E-state index in [9.17, 15) is 8.42 Å². The third-order valence-corrected chi connectivity index (χ3v) is 4.92. The molecule has 6 heteroatoms. The molecule has 0 heterocycles. The molecule has 1 aromatic carbocycles. The summed E-state index contributed by atoms with van der Waals surface area (Å²) in [6.07, 6.45) is 2.21. The lowest BCUT2D eigenvalue weighted by molar-refractivity contribution is 0.484. The third kappa shape index (κ3) is 4.38. The lowest BCUT2D eigenvalue weighted by Gasteiger charge is -2.19. The minimum atomic E-state index is -3.50. The van der Waals surface area contributed by atoms with Crippen LogP contribution in [0.5, 0.6) is 0 Å². The van der Waals surface area contributed by atoms with Gasteiger partial charge in [0.2, 0.25) is 10.0 Å². The Morgan fingerprint density at radius 1 is 1.30 bits per heavy atom. The normalized spacial score (nSPS) is 14.8. The fourth-order valence-corrected chi connectivity index (χ4v) is 2.94. The van der Waals surface area contributed by atoms with Gasteiger partial charge < -0.3 is 11.1 Å². The minimum absolute atomic E-state index is 0.111. The molecule has 114 valence electrons. The summed E-state index contributed by atoms with van der Waals surface area (Å²) in [5.41, 5.74) is 6.92. The lowest BCUT2D eigenvalue weighted by Crippen LogP contribution is -2.21. The fourth-order valence-electron chi connectivity index (χ4n) is 2.11. The zero-order valence-corrected chi connectivity index (χ0v) is 13.4. The van der Waals surface area contributed by atoms with Crippen molar-refractivity contribution in [1.82, 2.24) is 4.72 Å². The predicted octanol–water partition coefficient (Wildman–Crippen LogP) is 2.41. The van der Waals surface area contributed by atoms with Crippen molar-refractivity contribution in [2.75, 3.05) is 18.1 Å². The number of nitrogens with one attached hydrogen (secondary N) is 2. The number of benzene rings is 1. The zero-order chi connectivity index (χ0) is 15.3. The number of nitrogen functional groups attached to an aromatic ring is 1. The van der Waals surface area contributed by atoms with Crippen molar-refractivity contribution in [2.24, 2.45) is 5.92 Å². The minimum Gasteiger partial charge on any atom is -0.398 e. The molecule has 0 saturated heterocycles. The van der Waals surface area contributed by atoms with Crippen molar-refractivity contribution in [1.29, 1.82) is 0 Å². The quantitative estimate of drug-likeness (QED) is 0.675. The van der Waals surface area contributed by atoms with Crippen LogP contribution in [-0.4, -0.2) is 21.5 Å². The van der Waals surface area contributed by atoms with Gasteiger partial charge in [0, 0.05) is 11.7 Å². The van der Waals surface area contributed by atoms with E-state index in [-0.39, 0.29) is 10.6 Å². The van der Waals surface area contributed by atoms with E-state index in [1.807, 2.05) is 0 Å². The van der Waals surface area contributed by atoms with E-state index in [2.05, 4.69) is 30.8 Å². The molecule has 0 bridgehead atoms. The molecule has 0 aliphatic heterocycles. The van der Waals surface area contributed by atoms with Gasteiger partial charge in [-0.05, 0) is 44.5 Å². The highest BCUT2D eigenvalue weighted by atomic mass is 32.2. The summed E-state index contributed by atoms with van der Waals surface area (Å²) in [4.78, 5) is 0.111. The second-order valence-electron chi connectivity index (χ2n) is 5.25. The van der Waals surface area contributed by atoms with Gasteiger partial charge in [-0.3, -0.25) is 0 Å². The number of anilines is 2. The van der Waals surface area contributed by atoms with E-state index >= 15 is 0 Å². The van der Waals surface area contributed by atoms with E-state index in [4.69, 9.17) is 5.73 Å². The van der Waals surface area contributed by atoms with Gasteiger partial charge in [-0.15, -0.1) is 0 Å². The summed E-state index contributed by atoms with van der Waals surface area (Å²) in [7, 11) is -2.13. The first kappa shape index (κ1) is 16.8. The van der Waals surface area contributed by atoms with Crippen LogP contribution in [0.3, 0.4) is 0 Å². The van der Waals surface area contributed by atoms with Crippen LogP contribution in [0.1, 0.15) is 33.6 Å². The second kappa shape index (κ2) is 6.95. The molecule has 0 amide bonds. The molecule has 0 spiro atoms. The van der Waals surface area contributed by atoms with Crippen LogP contribution < -0.4 is 15.8 Å². The molecule has 1 aromatic rings. The SMILES string of the molecule is CCC(C)CC(C)Nc1ccc(S(=O)(=O)NC)c(N)c1. The molecule has 5 nitrogen and oxygen atoms in total. The molecule has 20 heavy (non-hydrogen) atoms. The first-order valence-electron chi connectivity index (χ1n) is 6.89. The van der Waals surface area contributed by atoms with Crippen molar-refractivity contribution in [3.05, 3.63) is 18.2 Å². The maximum atomic E-state index is 11.7. The van der Waals surface area contributed by atoms with Crippen LogP contribution in [0.2, 0.25) is 0 Å². The Labute approximate surface area is 122 Å². The Balaban J connectivity index is 2.83. The van der Waals surface area contributed by atoms with Gasteiger partial charge in [0.25, 0.3) is 0 Å². The van der Waals surface area contributed by atoms with Crippen molar-refractivity contribution < 1.29 is 8.42 Å². The van der Waals surface area contributed by atoms with Crippen LogP contribution in [0, 0.1) is 5.92 Å². The maximum Gasteiger partial charge on any atom is 0.242 e. The number of hydrogen-bond acceptors (Lipinski definition) is 4. The van der Waals surface area contributed by atoms with E-state index in [1.54, 1.807) is 12.1 Å². The summed E-state index contributed by atoms with van der Waals surface area (Å²) in [5, 5.41) is 3.35. The second-order valence-corrected chi connectivity index (χ2v) is 7.11. The molecule has 0 aromatic heterocycles. The molecule has 0 radical (unpaired) electrons. The Hall–Kier alpha value is -1.27. The fraction of sp³-hybridized carbons (Fsp3) is 0.571. The van der Waals surface area contributed by atoms with Crippen molar-refractivity contribution in [3.63, 3.8) is 0 Å². The molecule has 2 unspecified atom stereocenters. The zero-order valence-electron chi connectivity index (χ0n) is 12.6. The Kier molecular flexibility index (Phi) is 5.83. The highest BCUT2D eigenvalue weighted by Crippen LogP contribution is 2.23. The van der Waals surface area contributed by atoms with E-state index in [1.165, 1.54) is 13.1 Å². The monoisotopic (exact) mass is 299 g/mol. The number of hydrogen-bond donors (Lipinski definition) is 3. The van der Waals surface area contributed by atoms with Gasteiger partial charge in [0.1, 0.15) is 4.90 Å². The first-order chi connectivity index (χ1) is 9.30. The van der Waals surface area contributed by atoms with Gasteiger partial charge >= 0.3 is 0 Å². The van der Waals surface area contributed by atoms with Crippen LogP contribution >= 0.6 is 0 Å². The van der Waals surface area contributed by atoms with Crippen LogP contribution in [0.25, 0.3) is 0 Å². The molecule has 4 N–H and O–H groups in total. The largest absolute Gasteiger partial charge is 0.398 e. The van der Waals surface area contributed by atoms with E-state index in [0.717, 1.165) is 18.5 Å². The predicted molar refractivity (Wildman–Crippen MR) is 84.3 cm³/mol. The van der Waals surface area contributed by atoms with Crippen molar-refractivity contribution in [2.45, 2.75) is 44.6 Å². The van der Waals surface area contributed by atoms with Crippen molar-refractivity contribution >= 4 is 21.4 Å². The Bertz CT molecular complexity index is 543. The number of rotatable bonds is 7. The standard InChI is InChI=1S/C14H25N3O2S/c1-5-10(2)8-11(3)17-12-6-7-14(13(15)9-12)20(18,19)16-4/h6-7,9-11,16-17H,5,8,15H2,1-4H3. The van der Waals surface area contributed by atoms with Crippen LogP contribution in [-0.2, 0) is 10.0 Å². The first-order valence-corrected chi connectivity index (χ1v) is 8.38. The van der Waals surface area contributed by atoms with Gasteiger partial charge in [0.15, 0.2) is 0 Å². The third-order valence-electron chi connectivity index (χ3n) is 3.43. The van der Waals surface area contributed by atoms with Crippen molar-refractivity contribution in [3.8, 4) is 0 Å². The summed E-state index contributed by atoms with van der Waals surface area (Å²) >= 11 is 0.